The van der Waals surface area contributed by atoms with Gasteiger partial charge in [0.15, 0.2) is 5.78 Å². The zero-order valence-electron chi connectivity index (χ0n) is 16.9. The van der Waals surface area contributed by atoms with Crippen LogP contribution in [0.3, 0.4) is 0 Å². The maximum atomic E-state index is 13.6. The molecule has 0 heterocycles. The molecular weight excluding hydrogens is 397 g/mol. The fourth-order valence-electron chi connectivity index (χ4n) is 3.20. The second-order valence-electron chi connectivity index (χ2n) is 7.07. The highest BCUT2D eigenvalue weighted by Gasteiger charge is 2.17. The van der Waals surface area contributed by atoms with Gasteiger partial charge in [-0.25, -0.2) is 4.39 Å². The van der Waals surface area contributed by atoms with Gasteiger partial charge in [0.1, 0.15) is 5.82 Å². The Morgan fingerprint density at radius 1 is 0.967 bits per heavy atom. The molecule has 0 fully saturated rings. The van der Waals surface area contributed by atoms with Crippen LogP contribution in [0.5, 0.6) is 0 Å². The first-order valence-electron chi connectivity index (χ1n) is 9.50. The average molecular weight is 422 g/mol. The van der Waals surface area contributed by atoms with Gasteiger partial charge in [-0.15, -0.1) is 12.4 Å². The van der Waals surface area contributed by atoms with Gasteiger partial charge in [0.2, 0.25) is 0 Å². The van der Waals surface area contributed by atoms with Crippen molar-refractivity contribution < 1.29 is 9.18 Å². The molecule has 0 aliphatic rings. The van der Waals surface area contributed by atoms with Crippen LogP contribution in [-0.2, 0) is 11.3 Å². The number of hydrogen-bond donors (Lipinski definition) is 0. The molecule has 3 rings (SSSR count). The Labute approximate surface area is 183 Å². The van der Waals surface area contributed by atoms with E-state index in [2.05, 4.69) is 23.6 Å². The van der Waals surface area contributed by atoms with E-state index in [0.717, 1.165) is 12.1 Å². The molecule has 2 nitrogen and oxygen atoms in total. The molecule has 0 amide bonds. The van der Waals surface area contributed by atoms with Gasteiger partial charge in [0, 0.05) is 24.2 Å². The molecule has 0 radical (unpaired) electrons. The first-order valence-corrected chi connectivity index (χ1v) is 9.50. The first kappa shape index (κ1) is 23.3. The van der Waals surface area contributed by atoms with Crippen LogP contribution in [0.4, 0.5) is 4.39 Å². The molecule has 30 heavy (non-hydrogen) atoms. The van der Waals surface area contributed by atoms with Crippen LogP contribution in [0.25, 0.3) is 11.6 Å². The van der Waals surface area contributed by atoms with Gasteiger partial charge in [-0.2, -0.15) is 0 Å². The molecule has 0 saturated heterocycles. The largest absolute Gasteiger partial charge is 0.298 e. The maximum absolute atomic E-state index is 13.6. The third kappa shape index (κ3) is 6.51. The fraction of sp³-hybridized carbons (Fsp3) is 0.115. The minimum atomic E-state index is -0.333. The lowest BCUT2D eigenvalue weighted by atomic mass is 9.95. The number of Topliss-reactive ketones (excluding diaryl/α,β-unsaturated/α-hetero) is 1. The molecule has 0 aliphatic heterocycles. The average Bonchev–Trinajstić information content (AvgIpc) is 2.73. The first-order chi connectivity index (χ1) is 14.0. The Bertz CT molecular complexity index is 1020. The number of nitrogens with zero attached hydrogens (tertiary/aromatic N) is 1. The van der Waals surface area contributed by atoms with Crippen molar-refractivity contribution in [1.29, 1.82) is 0 Å². The smallest absolute Gasteiger partial charge is 0.190 e. The summed E-state index contributed by atoms with van der Waals surface area (Å²) in [5.41, 5.74) is 3.61. The molecule has 0 N–H and O–H groups in total. The minimum Gasteiger partial charge on any atom is -0.298 e. The molecule has 0 spiro atoms. The molecule has 0 atom stereocenters. The summed E-state index contributed by atoms with van der Waals surface area (Å²) in [4.78, 5) is 15.3. The van der Waals surface area contributed by atoms with E-state index in [4.69, 9.17) is 0 Å². The lowest BCUT2D eigenvalue weighted by molar-refractivity contribution is -0.110. The van der Waals surface area contributed by atoms with Crippen molar-refractivity contribution >= 4 is 29.8 Å². The molecule has 4 heteroatoms. The second kappa shape index (κ2) is 11.2. The van der Waals surface area contributed by atoms with E-state index in [1.54, 1.807) is 18.2 Å². The zero-order valence-corrected chi connectivity index (χ0v) is 17.7. The number of carbonyl (C=O) groups is 1. The lowest BCUT2D eigenvalue weighted by Crippen LogP contribution is -2.23. The molecule has 3 aromatic carbocycles. The maximum Gasteiger partial charge on any atom is 0.190 e. The zero-order chi connectivity index (χ0) is 20.6. The van der Waals surface area contributed by atoms with E-state index < -0.39 is 0 Å². The van der Waals surface area contributed by atoms with Crippen molar-refractivity contribution in [1.82, 2.24) is 4.90 Å². The van der Waals surface area contributed by atoms with Gasteiger partial charge in [0.05, 0.1) is 0 Å². The third-order valence-electron chi connectivity index (χ3n) is 4.57. The summed E-state index contributed by atoms with van der Waals surface area (Å²) in [5.74, 6) is -0.472. The highest BCUT2D eigenvalue weighted by atomic mass is 35.5. The number of hydrogen-bond acceptors (Lipinski definition) is 2. The monoisotopic (exact) mass is 421 g/mol. The number of likely N-dealkylation sites (N-methyl/N-ethyl adjacent to an activating group) is 1. The Hall–Kier alpha value is -3.01. The van der Waals surface area contributed by atoms with Crippen molar-refractivity contribution in [2.24, 2.45) is 0 Å². The topological polar surface area (TPSA) is 20.3 Å². The van der Waals surface area contributed by atoms with Crippen LogP contribution in [0.2, 0.25) is 0 Å². The number of allylic oxidation sites excluding steroid dienone is 1. The number of ketones is 1. The van der Waals surface area contributed by atoms with Crippen molar-refractivity contribution in [2.45, 2.75) is 6.54 Å². The van der Waals surface area contributed by atoms with Crippen LogP contribution in [0.1, 0.15) is 16.7 Å². The van der Waals surface area contributed by atoms with Gasteiger partial charge >= 0.3 is 0 Å². The Balaban J connectivity index is 0.00000320. The summed E-state index contributed by atoms with van der Waals surface area (Å²) < 4.78 is 13.6. The van der Waals surface area contributed by atoms with E-state index in [9.17, 15) is 9.18 Å². The summed E-state index contributed by atoms with van der Waals surface area (Å²) in [6.07, 6.45) is 1.73. The van der Waals surface area contributed by atoms with E-state index in [-0.39, 0.29) is 24.0 Å². The van der Waals surface area contributed by atoms with Crippen molar-refractivity contribution in [3.05, 3.63) is 120 Å². The van der Waals surface area contributed by atoms with Crippen LogP contribution >= 0.6 is 12.4 Å². The Morgan fingerprint density at radius 2 is 1.60 bits per heavy atom. The number of halogens is 2. The summed E-state index contributed by atoms with van der Waals surface area (Å²) in [6.45, 7) is 5.20. The van der Waals surface area contributed by atoms with Crippen molar-refractivity contribution in [3.63, 3.8) is 0 Å². The molecule has 0 bridgehead atoms. The van der Waals surface area contributed by atoms with Crippen molar-refractivity contribution in [3.8, 4) is 0 Å². The lowest BCUT2D eigenvalue weighted by Gasteiger charge is -2.18. The number of rotatable bonds is 8. The molecule has 0 saturated carbocycles. The summed E-state index contributed by atoms with van der Waals surface area (Å²) in [7, 11) is 1.96. The van der Waals surface area contributed by atoms with Crippen LogP contribution in [0.15, 0.2) is 97.1 Å². The van der Waals surface area contributed by atoms with Gasteiger partial charge in [-0.3, -0.25) is 9.69 Å². The second-order valence-corrected chi connectivity index (χ2v) is 7.07. The molecule has 154 valence electrons. The number of carbonyl (C=O) groups excluding carboxylic acids is 1. The molecule has 0 aromatic heterocycles. The van der Waals surface area contributed by atoms with E-state index in [1.165, 1.54) is 17.7 Å². The standard InChI is InChI=1S/C26H24FNO.ClH/c1-20(18-28(2)19-21-10-5-3-6-11-21)26(29)25(23-13-7-4-8-14-23)17-22-12-9-15-24(27)16-22;/h3-17H,1,18-19H2,2H3;1H/b25-17+;. The van der Waals surface area contributed by atoms with Gasteiger partial charge in [-0.05, 0) is 41.9 Å². The Morgan fingerprint density at radius 3 is 2.23 bits per heavy atom. The predicted octanol–water partition coefficient (Wildman–Crippen LogP) is 6.05. The molecule has 0 unspecified atom stereocenters. The normalized spacial score (nSPS) is 11.1. The predicted molar refractivity (Wildman–Crippen MR) is 125 cm³/mol. The van der Waals surface area contributed by atoms with E-state index >= 15 is 0 Å². The Kier molecular flexibility index (Phi) is 8.72. The fourth-order valence-corrected chi connectivity index (χ4v) is 3.20. The van der Waals surface area contributed by atoms with Crippen LogP contribution < -0.4 is 0 Å². The highest BCUT2D eigenvalue weighted by Crippen LogP contribution is 2.23. The number of benzene rings is 3. The quantitative estimate of drug-likeness (QED) is 0.326. The van der Waals surface area contributed by atoms with E-state index in [0.29, 0.717) is 23.3 Å². The van der Waals surface area contributed by atoms with Crippen molar-refractivity contribution in [2.75, 3.05) is 13.6 Å². The molecular formula is C26H25ClFNO. The van der Waals surface area contributed by atoms with Crippen LogP contribution in [-0.4, -0.2) is 24.3 Å². The van der Waals surface area contributed by atoms with Gasteiger partial charge in [0.25, 0.3) is 0 Å². The SMILES string of the molecule is C=C(CN(C)Cc1ccccc1)C(=O)/C(=C/c1cccc(F)c1)c1ccccc1.Cl. The third-order valence-corrected chi connectivity index (χ3v) is 4.57. The molecule has 0 aliphatic carbocycles. The minimum absolute atomic E-state index is 0. The highest BCUT2D eigenvalue weighted by molar-refractivity contribution is 6.32. The summed E-state index contributed by atoms with van der Waals surface area (Å²) in [6, 6.07) is 25.7. The van der Waals surface area contributed by atoms with E-state index in [1.807, 2.05) is 55.6 Å². The van der Waals surface area contributed by atoms with Gasteiger partial charge in [-0.1, -0.05) is 79.4 Å². The summed E-state index contributed by atoms with van der Waals surface area (Å²) in [5, 5.41) is 0. The summed E-state index contributed by atoms with van der Waals surface area (Å²) >= 11 is 0. The molecule has 3 aromatic rings. The van der Waals surface area contributed by atoms with Crippen LogP contribution in [0, 0.1) is 5.82 Å². The van der Waals surface area contributed by atoms with Gasteiger partial charge < -0.3 is 0 Å².